The number of carbonyl (C=O) groups excluding carboxylic acids is 4. The van der Waals surface area contributed by atoms with Gasteiger partial charge in [-0.1, -0.05) is 40.5 Å². The molecular formula is C33H60O8. The maximum Gasteiger partial charge on any atom is 0.309 e. The molecule has 0 saturated carbocycles. The molecule has 0 aromatic heterocycles. The van der Waals surface area contributed by atoms with Crippen LogP contribution in [0.5, 0.6) is 0 Å². The van der Waals surface area contributed by atoms with Gasteiger partial charge in [-0.3, -0.25) is 19.2 Å². The molecular weight excluding hydrogens is 524 g/mol. The van der Waals surface area contributed by atoms with E-state index in [1.807, 2.05) is 55.4 Å². The molecule has 0 rings (SSSR count). The van der Waals surface area contributed by atoms with E-state index in [9.17, 15) is 19.2 Å². The Morgan fingerprint density at radius 3 is 1.24 bits per heavy atom. The maximum absolute atomic E-state index is 12.6. The fourth-order valence-electron chi connectivity index (χ4n) is 3.94. The van der Waals surface area contributed by atoms with E-state index in [-0.39, 0.29) is 48.6 Å². The first kappa shape index (κ1) is 38.9. The first-order valence-electron chi connectivity index (χ1n) is 15.5. The first-order chi connectivity index (χ1) is 18.6. The van der Waals surface area contributed by atoms with Gasteiger partial charge in [0.2, 0.25) is 0 Å². The van der Waals surface area contributed by atoms with Crippen molar-refractivity contribution in [3.63, 3.8) is 0 Å². The zero-order valence-corrected chi connectivity index (χ0v) is 28.2. The molecule has 0 radical (unpaired) electrons. The molecule has 8 heteroatoms. The molecule has 8 nitrogen and oxygen atoms in total. The smallest absolute Gasteiger partial charge is 0.309 e. The minimum absolute atomic E-state index is 0.109. The van der Waals surface area contributed by atoms with Gasteiger partial charge in [-0.25, -0.2) is 0 Å². The van der Waals surface area contributed by atoms with Crippen molar-refractivity contribution in [3.8, 4) is 0 Å². The number of esters is 4. The fourth-order valence-corrected chi connectivity index (χ4v) is 3.94. The largest absolute Gasteiger partial charge is 0.459 e. The Morgan fingerprint density at radius 1 is 0.537 bits per heavy atom. The van der Waals surface area contributed by atoms with Crippen LogP contribution in [-0.2, 0) is 38.1 Å². The van der Waals surface area contributed by atoms with Gasteiger partial charge < -0.3 is 18.9 Å². The number of hydrogen-bond acceptors (Lipinski definition) is 8. The second kappa shape index (κ2) is 17.1. The van der Waals surface area contributed by atoms with Crippen molar-refractivity contribution in [2.24, 2.45) is 11.8 Å². The van der Waals surface area contributed by atoms with Crippen LogP contribution >= 0.6 is 0 Å². The SMILES string of the molecule is CCC(C)C(=O)OC(C)(C)CCCCCC(=O)OC(C)(C)C(C)(C)OC(=O)CCCCCC(C)(C)OC(=O)C(C)C. The Hall–Kier alpha value is -2.12. The van der Waals surface area contributed by atoms with Gasteiger partial charge in [-0.2, -0.15) is 0 Å². The minimum atomic E-state index is -1.00. The second-order valence-corrected chi connectivity index (χ2v) is 13.9. The molecule has 0 aliphatic carbocycles. The van der Waals surface area contributed by atoms with E-state index < -0.39 is 22.4 Å². The van der Waals surface area contributed by atoms with E-state index in [2.05, 4.69) is 0 Å². The van der Waals surface area contributed by atoms with Crippen molar-refractivity contribution in [1.29, 1.82) is 0 Å². The molecule has 0 heterocycles. The van der Waals surface area contributed by atoms with Crippen LogP contribution in [0.15, 0.2) is 0 Å². The van der Waals surface area contributed by atoms with Gasteiger partial charge in [0.15, 0.2) is 0 Å². The number of unbranched alkanes of at least 4 members (excludes halogenated alkanes) is 4. The van der Waals surface area contributed by atoms with Crippen molar-refractivity contribution in [2.75, 3.05) is 0 Å². The molecule has 0 spiro atoms. The van der Waals surface area contributed by atoms with Crippen LogP contribution in [0.4, 0.5) is 0 Å². The van der Waals surface area contributed by atoms with E-state index in [1.54, 1.807) is 27.7 Å². The standard InChI is InChI=1S/C33H60O8/c1-13-25(4)29(37)41-31(7,8)23-19-15-17-21-27(35)39-33(11,12)32(9,10)38-26(34)20-16-14-18-22-30(5,6)40-28(36)24(2)3/h24-25H,13-23H2,1-12H3. The van der Waals surface area contributed by atoms with Gasteiger partial charge in [0.1, 0.15) is 22.4 Å². The Bertz CT molecular complexity index is 838. The third kappa shape index (κ3) is 16.2. The lowest BCUT2D eigenvalue weighted by Crippen LogP contribution is -2.51. The summed E-state index contributed by atoms with van der Waals surface area (Å²) in [4.78, 5) is 49.1. The molecule has 0 saturated heterocycles. The highest BCUT2D eigenvalue weighted by molar-refractivity contribution is 5.73. The average Bonchev–Trinajstić information content (AvgIpc) is 2.81. The summed E-state index contributed by atoms with van der Waals surface area (Å²) in [5.41, 5.74) is -3.07. The van der Waals surface area contributed by atoms with Crippen LogP contribution in [0.2, 0.25) is 0 Å². The van der Waals surface area contributed by atoms with Crippen LogP contribution < -0.4 is 0 Å². The zero-order valence-electron chi connectivity index (χ0n) is 28.2. The summed E-state index contributed by atoms with van der Waals surface area (Å²) in [7, 11) is 0. The lowest BCUT2D eigenvalue weighted by Gasteiger charge is -2.40. The predicted molar refractivity (Wildman–Crippen MR) is 161 cm³/mol. The Labute approximate surface area is 250 Å². The van der Waals surface area contributed by atoms with Crippen molar-refractivity contribution >= 4 is 23.9 Å². The summed E-state index contributed by atoms with van der Waals surface area (Å²) < 4.78 is 22.7. The van der Waals surface area contributed by atoms with Crippen LogP contribution in [0.3, 0.4) is 0 Å². The fraction of sp³-hybridized carbons (Fsp3) is 0.879. The Balaban J connectivity index is 4.43. The minimum Gasteiger partial charge on any atom is -0.459 e. The Morgan fingerprint density at radius 2 is 0.902 bits per heavy atom. The molecule has 0 amide bonds. The van der Waals surface area contributed by atoms with Gasteiger partial charge in [-0.05, 0) is 100 Å². The lowest BCUT2D eigenvalue weighted by molar-refractivity contribution is -0.199. The van der Waals surface area contributed by atoms with E-state index in [0.717, 1.165) is 44.9 Å². The van der Waals surface area contributed by atoms with Crippen LogP contribution in [-0.4, -0.2) is 46.3 Å². The molecule has 0 aliphatic rings. The van der Waals surface area contributed by atoms with Gasteiger partial charge in [0.05, 0.1) is 11.8 Å². The maximum atomic E-state index is 12.6. The molecule has 0 bridgehead atoms. The average molecular weight is 585 g/mol. The van der Waals surface area contributed by atoms with Gasteiger partial charge >= 0.3 is 23.9 Å². The number of rotatable bonds is 20. The van der Waals surface area contributed by atoms with Crippen molar-refractivity contribution in [1.82, 2.24) is 0 Å². The quantitative estimate of drug-likeness (QED) is 0.0808. The van der Waals surface area contributed by atoms with Crippen LogP contribution in [0.25, 0.3) is 0 Å². The highest BCUT2D eigenvalue weighted by Crippen LogP contribution is 2.31. The molecule has 0 aromatic carbocycles. The van der Waals surface area contributed by atoms with Gasteiger partial charge in [0.25, 0.3) is 0 Å². The number of hydrogen-bond donors (Lipinski definition) is 0. The molecule has 1 unspecified atom stereocenters. The third-order valence-electron chi connectivity index (χ3n) is 7.75. The molecule has 41 heavy (non-hydrogen) atoms. The number of ether oxygens (including phenoxy) is 4. The molecule has 0 aliphatic heterocycles. The van der Waals surface area contributed by atoms with E-state index >= 15 is 0 Å². The van der Waals surface area contributed by atoms with E-state index in [0.29, 0.717) is 12.8 Å². The molecule has 1 atom stereocenters. The monoisotopic (exact) mass is 584 g/mol. The summed E-state index contributed by atoms with van der Waals surface area (Å²) in [5, 5.41) is 0. The highest BCUT2D eigenvalue weighted by atomic mass is 16.6. The van der Waals surface area contributed by atoms with Crippen molar-refractivity contribution in [2.45, 2.75) is 176 Å². The summed E-state index contributed by atoms with van der Waals surface area (Å²) in [5.74, 6) is -1.31. The normalized spacial score (nSPS) is 13.5. The van der Waals surface area contributed by atoms with E-state index in [1.165, 1.54) is 0 Å². The van der Waals surface area contributed by atoms with E-state index in [4.69, 9.17) is 18.9 Å². The predicted octanol–water partition coefficient (Wildman–Crippen LogP) is 7.88. The molecule has 240 valence electrons. The summed E-state index contributed by atoms with van der Waals surface area (Å²) in [6.07, 6.45) is 7.35. The molecule has 0 fully saturated rings. The highest BCUT2D eigenvalue weighted by Gasteiger charge is 2.43. The van der Waals surface area contributed by atoms with Crippen molar-refractivity contribution < 1.29 is 38.1 Å². The van der Waals surface area contributed by atoms with Crippen molar-refractivity contribution in [3.05, 3.63) is 0 Å². The molecule has 0 N–H and O–H groups in total. The third-order valence-corrected chi connectivity index (χ3v) is 7.75. The molecule has 0 aromatic rings. The van der Waals surface area contributed by atoms with Gasteiger partial charge in [0, 0.05) is 12.8 Å². The topological polar surface area (TPSA) is 105 Å². The second-order valence-electron chi connectivity index (χ2n) is 13.9. The zero-order chi connectivity index (χ0) is 32.1. The Kier molecular flexibility index (Phi) is 16.2. The lowest BCUT2D eigenvalue weighted by atomic mass is 9.89. The summed E-state index contributed by atoms with van der Waals surface area (Å²) in [6.45, 7) is 22.1. The number of carbonyl (C=O) groups is 4. The van der Waals surface area contributed by atoms with Crippen LogP contribution in [0, 0.1) is 11.8 Å². The first-order valence-corrected chi connectivity index (χ1v) is 15.5. The van der Waals surface area contributed by atoms with Crippen LogP contribution in [0.1, 0.15) is 154 Å². The summed E-state index contributed by atoms with van der Waals surface area (Å²) in [6, 6.07) is 0. The summed E-state index contributed by atoms with van der Waals surface area (Å²) >= 11 is 0. The van der Waals surface area contributed by atoms with Gasteiger partial charge in [-0.15, -0.1) is 0 Å².